The van der Waals surface area contributed by atoms with E-state index in [1.165, 1.54) is 12.1 Å². The maximum Gasteiger partial charge on any atom is 0.355 e. The molecule has 0 bridgehead atoms. The lowest BCUT2D eigenvalue weighted by Crippen LogP contribution is -1.97. The van der Waals surface area contributed by atoms with Crippen LogP contribution in [0.25, 0.3) is 11.3 Å². The molecule has 6 heteroatoms. The van der Waals surface area contributed by atoms with Gasteiger partial charge in [-0.3, -0.25) is 5.10 Å². The molecule has 0 aliphatic carbocycles. The van der Waals surface area contributed by atoms with Crippen molar-refractivity contribution in [2.45, 2.75) is 0 Å². The third kappa shape index (κ3) is 1.71. The monoisotopic (exact) mass is 284 g/mol. The van der Waals surface area contributed by atoms with Crippen molar-refractivity contribution >= 4 is 21.9 Å². The second-order valence-electron chi connectivity index (χ2n) is 3.05. The zero-order chi connectivity index (χ0) is 11.7. The van der Waals surface area contributed by atoms with Crippen LogP contribution in [0.1, 0.15) is 10.5 Å². The van der Waals surface area contributed by atoms with E-state index in [4.69, 9.17) is 5.11 Å². The van der Waals surface area contributed by atoms with Gasteiger partial charge in [0, 0.05) is 5.56 Å². The number of halogens is 2. The van der Waals surface area contributed by atoms with Gasteiger partial charge >= 0.3 is 5.97 Å². The summed E-state index contributed by atoms with van der Waals surface area (Å²) >= 11 is 3.08. The summed E-state index contributed by atoms with van der Waals surface area (Å²) in [7, 11) is 0. The second kappa shape index (κ2) is 4.05. The first-order valence-electron chi connectivity index (χ1n) is 4.33. The van der Waals surface area contributed by atoms with Gasteiger partial charge in [0.05, 0.1) is 4.47 Å². The Bertz CT molecular complexity index is 554. The highest BCUT2D eigenvalue weighted by Gasteiger charge is 2.19. The standard InChI is InChI=1S/C10H6BrFN2O2/c11-7-8(13-14-9(7)10(15)16)5-3-1-2-4-6(5)12/h1-4H,(H,13,14)(H,15,16). The first-order chi connectivity index (χ1) is 7.61. The van der Waals surface area contributed by atoms with Crippen molar-refractivity contribution in [1.29, 1.82) is 0 Å². The number of aromatic amines is 1. The quantitative estimate of drug-likeness (QED) is 0.891. The van der Waals surface area contributed by atoms with E-state index in [1.807, 2.05) is 0 Å². The molecule has 0 amide bonds. The SMILES string of the molecule is O=C(O)c1[nH]nc(-c2ccccc2F)c1Br. The minimum Gasteiger partial charge on any atom is -0.476 e. The minimum absolute atomic E-state index is 0.0988. The maximum atomic E-state index is 13.4. The lowest BCUT2D eigenvalue weighted by atomic mass is 10.1. The molecule has 1 heterocycles. The fourth-order valence-electron chi connectivity index (χ4n) is 1.30. The first-order valence-corrected chi connectivity index (χ1v) is 5.12. The van der Waals surface area contributed by atoms with E-state index >= 15 is 0 Å². The minimum atomic E-state index is -1.15. The van der Waals surface area contributed by atoms with Crippen molar-refractivity contribution in [3.8, 4) is 11.3 Å². The third-order valence-electron chi connectivity index (χ3n) is 2.05. The van der Waals surface area contributed by atoms with Crippen LogP contribution < -0.4 is 0 Å². The van der Waals surface area contributed by atoms with E-state index in [2.05, 4.69) is 26.1 Å². The summed E-state index contributed by atoms with van der Waals surface area (Å²) in [5, 5.41) is 14.9. The Labute approximate surface area is 98.2 Å². The van der Waals surface area contributed by atoms with Crippen LogP contribution in [-0.2, 0) is 0 Å². The first kappa shape index (κ1) is 10.8. The van der Waals surface area contributed by atoms with Gasteiger partial charge in [0.25, 0.3) is 0 Å². The zero-order valence-corrected chi connectivity index (χ0v) is 9.45. The number of carbonyl (C=O) groups is 1. The van der Waals surface area contributed by atoms with Gasteiger partial charge in [0.15, 0.2) is 5.69 Å². The Morgan fingerprint density at radius 2 is 2.12 bits per heavy atom. The highest BCUT2D eigenvalue weighted by molar-refractivity contribution is 9.10. The molecule has 16 heavy (non-hydrogen) atoms. The van der Waals surface area contributed by atoms with Crippen LogP contribution in [0.3, 0.4) is 0 Å². The molecular weight excluding hydrogens is 279 g/mol. The number of aromatic carboxylic acids is 1. The molecule has 82 valence electrons. The Kier molecular flexibility index (Phi) is 2.74. The summed E-state index contributed by atoms with van der Waals surface area (Å²) < 4.78 is 13.7. The van der Waals surface area contributed by atoms with Gasteiger partial charge in [-0.2, -0.15) is 5.10 Å². The molecule has 0 aliphatic rings. The van der Waals surface area contributed by atoms with Crippen LogP contribution in [0.15, 0.2) is 28.7 Å². The van der Waals surface area contributed by atoms with Crippen molar-refractivity contribution in [2.24, 2.45) is 0 Å². The number of aromatic nitrogens is 2. The van der Waals surface area contributed by atoms with Crippen LogP contribution in [0.5, 0.6) is 0 Å². The number of hydrogen-bond donors (Lipinski definition) is 2. The highest BCUT2D eigenvalue weighted by Crippen LogP contribution is 2.30. The Morgan fingerprint density at radius 1 is 1.44 bits per heavy atom. The van der Waals surface area contributed by atoms with E-state index < -0.39 is 11.8 Å². The zero-order valence-electron chi connectivity index (χ0n) is 7.87. The van der Waals surface area contributed by atoms with Crippen LogP contribution in [0.4, 0.5) is 4.39 Å². The van der Waals surface area contributed by atoms with Gasteiger partial charge in [-0.15, -0.1) is 0 Å². The number of hydrogen-bond acceptors (Lipinski definition) is 2. The number of nitrogens with zero attached hydrogens (tertiary/aromatic N) is 1. The molecule has 0 unspecified atom stereocenters. The summed E-state index contributed by atoms with van der Waals surface area (Å²) in [6, 6.07) is 6.02. The van der Waals surface area contributed by atoms with E-state index in [1.54, 1.807) is 12.1 Å². The molecule has 0 saturated heterocycles. The van der Waals surface area contributed by atoms with Crippen LogP contribution >= 0.6 is 15.9 Å². The van der Waals surface area contributed by atoms with Crippen LogP contribution in [0, 0.1) is 5.82 Å². The molecule has 0 aliphatic heterocycles. The Balaban J connectivity index is 2.58. The molecule has 0 saturated carbocycles. The molecule has 4 nitrogen and oxygen atoms in total. The smallest absolute Gasteiger partial charge is 0.355 e. The number of rotatable bonds is 2. The fourth-order valence-corrected chi connectivity index (χ4v) is 1.86. The Hall–Kier alpha value is -1.69. The van der Waals surface area contributed by atoms with Crippen molar-refractivity contribution in [3.05, 3.63) is 40.2 Å². The molecule has 2 rings (SSSR count). The number of H-pyrrole nitrogens is 1. The summed E-state index contributed by atoms with van der Waals surface area (Å²) in [6.07, 6.45) is 0. The summed E-state index contributed by atoms with van der Waals surface area (Å²) in [6.45, 7) is 0. The molecular formula is C10H6BrFN2O2. The lowest BCUT2D eigenvalue weighted by Gasteiger charge is -1.98. The van der Waals surface area contributed by atoms with E-state index in [0.29, 0.717) is 0 Å². The normalized spacial score (nSPS) is 10.4. The molecule has 2 aromatic rings. The van der Waals surface area contributed by atoms with Gasteiger partial charge in [0.2, 0.25) is 0 Å². The fraction of sp³-hybridized carbons (Fsp3) is 0. The highest BCUT2D eigenvalue weighted by atomic mass is 79.9. The molecule has 0 radical (unpaired) electrons. The molecule has 0 atom stereocenters. The lowest BCUT2D eigenvalue weighted by molar-refractivity contribution is 0.0689. The van der Waals surface area contributed by atoms with Crippen molar-refractivity contribution in [3.63, 3.8) is 0 Å². The topological polar surface area (TPSA) is 66.0 Å². The van der Waals surface area contributed by atoms with E-state index in [0.717, 1.165) is 0 Å². The number of benzene rings is 1. The molecule has 2 N–H and O–H groups in total. The molecule has 0 spiro atoms. The number of carboxylic acids is 1. The van der Waals surface area contributed by atoms with Gasteiger partial charge in [-0.05, 0) is 28.1 Å². The summed E-state index contributed by atoms with van der Waals surface area (Å²) in [5.41, 5.74) is 0.395. The second-order valence-corrected chi connectivity index (χ2v) is 3.84. The third-order valence-corrected chi connectivity index (χ3v) is 2.82. The van der Waals surface area contributed by atoms with Crippen LogP contribution in [0.2, 0.25) is 0 Å². The van der Waals surface area contributed by atoms with Gasteiger partial charge in [0.1, 0.15) is 11.5 Å². The molecule has 1 aromatic carbocycles. The summed E-state index contributed by atoms with van der Waals surface area (Å²) in [4.78, 5) is 10.8. The molecule has 1 aromatic heterocycles. The average Bonchev–Trinajstić information content (AvgIpc) is 2.61. The average molecular weight is 285 g/mol. The Morgan fingerprint density at radius 3 is 2.69 bits per heavy atom. The predicted octanol–water partition coefficient (Wildman–Crippen LogP) is 2.68. The van der Waals surface area contributed by atoms with Gasteiger partial charge in [-0.1, -0.05) is 12.1 Å². The number of nitrogens with one attached hydrogen (secondary N) is 1. The van der Waals surface area contributed by atoms with Crippen molar-refractivity contribution in [2.75, 3.05) is 0 Å². The number of carboxylic acid groups (broad SMARTS) is 1. The predicted molar refractivity (Wildman–Crippen MR) is 58.6 cm³/mol. The summed E-state index contributed by atoms with van der Waals surface area (Å²) in [5.74, 6) is -1.60. The largest absolute Gasteiger partial charge is 0.476 e. The van der Waals surface area contributed by atoms with Gasteiger partial charge in [-0.25, -0.2) is 9.18 Å². The van der Waals surface area contributed by atoms with Crippen molar-refractivity contribution < 1.29 is 14.3 Å². The maximum absolute atomic E-state index is 13.4. The van der Waals surface area contributed by atoms with Crippen LogP contribution in [-0.4, -0.2) is 21.3 Å². The molecule has 0 fully saturated rings. The van der Waals surface area contributed by atoms with E-state index in [9.17, 15) is 9.18 Å². The van der Waals surface area contributed by atoms with E-state index in [-0.39, 0.29) is 21.4 Å². The van der Waals surface area contributed by atoms with Crippen molar-refractivity contribution in [1.82, 2.24) is 10.2 Å². The van der Waals surface area contributed by atoms with Gasteiger partial charge < -0.3 is 5.11 Å².